The van der Waals surface area contributed by atoms with Gasteiger partial charge in [-0.05, 0) is 69.5 Å². The van der Waals surface area contributed by atoms with E-state index >= 15 is 0 Å². The zero-order chi connectivity index (χ0) is 24.4. The van der Waals surface area contributed by atoms with Gasteiger partial charge in [0.15, 0.2) is 11.5 Å². The molecule has 2 aliphatic heterocycles. The summed E-state index contributed by atoms with van der Waals surface area (Å²) in [6.07, 6.45) is 1.82. The molecule has 9 heteroatoms. The first-order valence-electron chi connectivity index (χ1n) is 10.8. The van der Waals surface area contributed by atoms with Gasteiger partial charge in [-0.15, -0.1) is 0 Å². The Morgan fingerprint density at radius 1 is 1.14 bits per heavy atom. The second-order valence-electron chi connectivity index (χ2n) is 7.83. The predicted molar refractivity (Wildman–Crippen MR) is 138 cm³/mol. The summed E-state index contributed by atoms with van der Waals surface area (Å²) in [5.74, 6) is 1.58. The van der Waals surface area contributed by atoms with E-state index in [1.807, 2.05) is 66.7 Å². The highest BCUT2D eigenvalue weighted by Gasteiger charge is 2.30. The quantitative estimate of drug-likeness (QED) is 0.434. The summed E-state index contributed by atoms with van der Waals surface area (Å²) in [5, 5.41) is 2.90. The fourth-order valence-electron chi connectivity index (χ4n) is 3.79. The number of hydrogen-bond acceptors (Lipinski definition) is 6. The van der Waals surface area contributed by atoms with Crippen LogP contribution < -0.4 is 24.4 Å². The minimum absolute atomic E-state index is 0.0927. The third-order valence-corrected chi connectivity index (χ3v) is 7.23. The Hall–Kier alpha value is -3.43. The number of hydrogen-bond donors (Lipinski definition) is 1. The van der Waals surface area contributed by atoms with Gasteiger partial charge >= 0.3 is 0 Å². The van der Waals surface area contributed by atoms with Gasteiger partial charge in [0.1, 0.15) is 12.3 Å². The Bertz CT molecular complexity index is 1340. The van der Waals surface area contributed by atoms with Crippen LogP contribution in [0.1, 0.15) is 11.1 Å². The van der Waals surface area contributed by atoms with E-state index in [0.717, 1.165) is 20.5 Å². The van der Waals surface area contributed by atoms with Gasteiger partial charge in [0.25, 0.3) is 5.91 Å². The van der Waals surface area contributed by atoms with Crippen molar-refractivity contribution in [2.75, 3.05) is 25.3 Å². The van der Waals surface area contributed by atoms with Crippen LogP contribution in [0, 0.1) is 0 Å². The normalized spacial score (nSPS) is 15.2. The number of nitrogens with one attached hydrogen (secondary N) is 1. The second kappa shape index (κ2) is 10.1. The average molecular weight is 553 g/mol. The average Bonchev–Trinajstić information content (AvgIpc) is 3.33. The summed E-state index contributed by atoms with van der Waals surface area (Å²) >= 11 is 4.88. The smallest absolute Gasteiger partial charge is 0.265 e. The van der Waals surface area contributed by atoms with Crippen LogP contribution >= 0.6 is 27.7 Å². The maximum atomic E-state index is 13.4. The van der Waals surface area contributed by atoms with Crippen molar-refractivity contribution in [2.24, 2.45) is 0 Å². The molecule has 0 unspecified atom stereocenters. The van der Waals surface area contributed by atoms with Crippen molar-refractivity contribution in [1.29, 1.82) is 0 Å². The molecule has 3 aromatic rings. The molecule has 0 bridgehead atoms. The molecule has 35 heavy (non-hydrogen) atoms. The van der Waals surface area contributed by atoms with Crippen molar-refractivity contribution < 1.29 is 23.8 Å². The lowest BCUT2D eigenvalue weighted by molar-refractivity contribution is -0.122. The first-order valence-corrected chi connectivity index (χ1v) is 12.4. The first kappa shape index (κ1) is 23.3. The van der Waals surface area contributed by atoms with Gasteiger partial charge < -0.3 is 19.5 Å². The molecule has 2 aliphatic rings. The summed E-state index contributed by atoms with van der Waals surface area (Å²) in [7, 11) is 1.60. The van der Waals surface area contributed by atoms with Crippen LogP contribution in [0.5, 0.6) is 17.2 Å². The molecule has 0 aromatic heterocycles. The molecule has 3 aromatic carbocycles. The van der Waals surface area contributed by atoms with Gasteiger partial charge in [0, 0.05) is 11.4 Å². The van der Waals surface area contributed by atoms with Crippen molar-refractivity contribution >= 4 is 51.3 Å². The number of ether oxygens (including phenoxy) is 3. The number of methoxy groups -OCH3 is 1. The Labute approximate surface area is 215 Å². The fourth-order valence-corrected chi connectivity index (χ4v) is 5.41. The minimum atomic E-state index is -0.260. The molecular formula is C26H21BrN2O5S. The van der Waals surface area contributed by atoms with Gasteiger partial charge in [-0.1, -0.05) is 36.0 Å². The Kier molecular flexibility index (Phi) is 6.70. The SMILES string of the molecule is COc1ccc(C=C2Sc3ccccc3N(CC(=O)NCc3ccc4c(c3)OCO4)C2=O)cc1Br. The van der Waals surface area contributed by atoms with Crippen LogP contribution in [0.4, 0.5) is 5.69 Å². The zero-order valence-electron chi connectivity index (χ0n) is 18.7. The number of anilines is 1. The molecular weight excluding hydrogens is 532 g/mol. The Morgan fingerprint density at radius 2 is 1.97 bits per heavy atom. The van der Waals surface area contributed by atoms with E-state index < -0.39 is 0 Å². The number of carbonyl (C=O) groups excluding carboxylic acids is 2. The monoisotopic (exact) mass is 552 g/mol. The first-order chi connectivity index (χ1) is 17.0. The standard InChI is InChI=1S/C26H21BrN2O5S/c1-32-20-8-6-16(10-18(20)27)12-24-26(31)29(19-4-2-3-5-23(19)35-24)14-25(30)28-13-17-7-9-21-22(11-17)34-15-33-21/h2-12H,13-15H2,1H3,(H,28,30). The predicted octanol–water partition coefficient (Wildman–Crippen LogP) is 4.98. The molecule has 0 atom stereocenters. The highest BCUT2D eigenvalue weighted by Crippen LogP contribution is 2.42. The molecule has 2 amide bonds. The molecule has 0 spiro atoms. The number of thioether (sulfide) groups is 1. The number of para-hydroxylation sites is 1. The number of nitrogens with zero attached hydrogens (tertiary/aromatic N) is 1. The summed E-state index contributed by atoms with van der Waals surface area (Å²) in [5.41, 5.74) is 2.45. The number of halogens is 1. The molecule has 178 valence electrons. The largest absolute Gasteiger partial charge is 0.496 e. The number of carbonyl (C=O) groups is 2. The van der Waals surface area contributed by atoms with Crippen molar-refractivity contribution in [1.82, 2.24) is 5.32 Å². The molecule has 0 saturated heterocycles. The van der Waals surface area contributed by atoms with Gasteiger partial charge in [0.2, 0.25) is 12.7 Å². The Morgan fingerprint density at radius 3 is 2.80 bits per heavy atom. The molecule has 5 rings (SSSR count). The van der Waals surface area contributed by atoms with E-state index in [2.05, 4.69) is 21.2 Å². The summed E-state index contributed by atoms with van der Waals surface area (Å²) in [6.45, 7) is 0.421. The van der Waals surface area contributed by atoms with Crippen LogP contribution in [0.3, 0.4) is 0 Å². The van der Waals surface area contributed by atoms with Crippen molar-refractivity contribution in [3.05, 3.63) is 81.2 Å². The highest BCUT2D eigenvalue weighted by molar-refractivity contribution is 9.10. The topological polar surface area (TPSA) is 77.1 Å². The van der Waals surface area contributed by atoms with Crippen molar-refractivity contribution in [3.63, 3.8) is 0 Å². The maximum absolute atomic E-state index is 13.4. The van der Waals surface area contributed by atoms with Crippen LogP contribution in [0.25, 0.3) is 6.08 Å². The number of benzene rings is 3. The summed E-state index contributed by atoms with van der Waals surface area (Å²) in [6, 6.07) is 18.7. The van der Waals surface area contributed by atoms with Gasteiger partial charge in [-0.2, -0.15) is 0 Å². The van der Waals surface area contributed by atoms with Crippen LogP contribution in [0.15, 0.2) is 74.9 Å². The maximum Gasteiger partial charge on any atom is 0.265 e. The molecule has 1 N–H and O–H groups in total. The van der Waals surface area contributed by atoms with Gasteiger partial charge in [0.05, 0.1) is 22.2 Å². The lowest BCUT2D eigenvalue weighted by atomic mass is 10.2. The van der Waals surface area contributed by atoms with Crippen LogP contribution in [0.2, 0.25) is 0 Å². The number of rotatable bonds is 6. The van der Waals surface area contributed by atoms with E-state index in [0.29, 0.717) is 34.4 Å². The van der Waals surface area contributed by atoms with E-state index in [1.54, 1.807) is 7.11 Å². The third-order valence-electron chi connectivity index (χ3n) is 5.53. The molecule has 0 radical (unpaired) electrons. The van der Waals surface area contributed by atoms with E-state index in [4.69, 9.17) is 14.2 Å². The van der Waals surface area contributed by atoms with Crippen molar-refractivity contribution in [2.45, 2.75) is 11.4 Å². The van der Waals surface area contributed by atoms with E-state index in [-0.39, 0.29) is 25.2 Å². The molecule has 0 saturated carbocycles. The lowest BCUT2D eigenvalue weighted by Crippen LogP contribution is -2.42. The number of fused-ring (bicyclic) bond motifs is 2. The highest BCUT2D eigenvalue weighted by atomic mass is 79.9. The molecule has 0 fully saturated rings. The van der Waals surface area contributed by atoms with Crippen LogP contribution in [-0.4, -0.2) is 32.3 Å². The Balaban J connectivity index is 1.34. The van der Waals surface area contributed by atoms with Crippen LogP contribution in [-0.2, 0) is 16.1 Å². The van der Waals surface area contributed by atoms with Gasteiger partial charge in [-0.25, -0.2) is 0 Å². The lowest BCUT2D eigenvalue weighted by Gasteiger charge is -2.29. The number of amides is 2. The molecule has 2 heterocycles. The van der Waals surface area contributed by atoms with E-state index in [9.17, 15) is 9.59 Å². The summed E-state index contributed by atoms with van der Waals surface area (Å²) in [4.78, 5) is 29.2. The fraction of sp³-hybridized carbons (Fsp3) is 0.154. The molecule has 7 nitrogen and oxygen atoms in total. The molecule has 0 aliphatic carbocycles. The summed E-state index contributed by atoms with van der Waals surface area (Å²) < 4.78 is 16.8. The zero-order valence-corrected chi connectivity index (χ0v) is 21.1. The van der Waals surface area contributed by atoms with E-state index in [1.165, 1.54) is 16.7 Å². The third kappa shape index (κ3) is 5.01. The van der Waals surface area contributed by atoms with Crippen molar-refractivity contribution in [3.8, 4) is 17.2 Å². The van der Waals surface area contributed by atoms with Gasteiger partial charge in [-0.3, -0.25) is 14.5 Å². The minimum Gasteiger partial charge on any atom is -0.496 e. The second-order valence-corrected chi connectivity index (χ2v) is 9.77.